The molecule has 1 saturated carbocycles. The van der Waals surface area contributed by atoms with Gasteiger partial charge in [0.15, 0.2) is 0 Å². The van der Waals surface area contributed by atoms with Crippen molar-refractivity contribution >= 4 is 27.8 Å². The minimum Gasteiger partial charge on any atom is -0.490 e. The fraction of sp³-hybridized carbons (Fsp3) is 0.235. The van der Waals surface area contributed by atoms with Crippen LogP contribution in [0.15, 0.2) is 102 Å². The van der Waals surface area contributed by atoms with Crippen LogP contribution in [0.4, 0.5) is 0 Å². The van der Waals surface area contributed by atoms with E-state index in [2.05, 4.69) is 21.2 Å². The fourth-order valence-electron chi connectivity index (χ4n) is 5.11. The lowest BCUT2D eigenvalue weighted by molar-refractivity contribution is -0.137. The first-order valence-corrected chi connectivity index (χ1v) is 14.7. The van der Waals surface area contributed by atoms with Gasteiger partial charge in [-0.05, 0) is 73.2 Å². The average Bonchev–Trinajstić information content (AvgIpc) is 2.99. The van der Waals surface area contributed by atoms with Crippen molar-refractivity contribution < 1.29 is 24.2 Å². The van der Waals surface area contributed by atoms with Crippen LogP contribution in [0, 0.1) is 0 Å². The van der Waals surface area contributed by atoms with Crippen molar-refractivity contribution in [3.8, 4) is 28.4 Å². The molecule has 6 nitrogen and oxygen atoms in total. The highest BCUT2D eigenvalue weighted by Crippen LogP contribution is 2.34. The quantitative estimate of drug-likeness (QED) is 0.187. The van der Waals surface area contributed by atoms with E-state index < -0.39 is 12.0 Å². The highest BCUT2D eigenvalue weighted by Gasteiger charge is 2.24. The van der Waals surface area contributed by atoms with Crippen molar-refractivity contribution in [1.29, 1.82) is 0 Å². The highest BCUT2D eigenvalue weighted by atomic mass is 79.9. The number of rotatable bonds is 10. The van der Waals surface area contributed by atoms with E-state index in [1.54, 1.807) is 12.1 Å². The van der Waals surface area contributed by atoms with Gasteiger partial charge in [-0.3, -0.25) is 9.59 Å². The van der Waals surface area contributed by atoms with Gasteiger partial charge in [0.25, 0.3) is 5.91 Å². The normalized spacial score (nSPS) is 14.2. The van der Waals surface area contributed by atoms with Gasteiger partial charge >= 0.3 is 5.97 Å². The number of hydrogen-bond donors (Lipinski definition) is 2. The van der Waals surface area contributed by atoms with E-state index in [4.69, 9.17) is 9.47 Å². The van der Waals surface area contributed by atoms with Crippen LogP contribution < -0.4 is 14.8 Å². The molecule has 1 fully saturated rings. The van der Waals surface area contributed by atoms with Gasteiger partial charge in [-0.15, -0.1) is 0 Å². The maximum absolute atomic E-state index is 13.5. The maximum atomic E-state index is 13.5. The molecule has 1 aliphatic carbocycles. The van der Waals surface area contributed by atoms with E-state index in [0.29, 0.717) is 22.6 Å². The van der Waals surface area contributed by atoms with Gasteiger partial charge in [0.05, 0.1) is 24.1 Å². The van der Waals surface area contributed by atoms with Crippen LogP contribution in [-0.2, 0) is 4.79 Å². The van der Waals surface area contributed by atoms with Crippen LogP contribution in [0.5, 0.6) is 17.2 Å². The number of nitrogens with one attached hydrogen (secondary N) is 1. The molecule has 41 heavy (non-hydrogen) atoms. The molecule has 4 aromatic carbocycles. The number of halogens is 1. The van der Waals surface area contributed by atoms with E-state index in [1.807, 2.05) is 84.9 Å². The topological polar surface area (TPSA) is 84.9 Å². The first-order valence-electron chi connectivity index (χ1n) is 13.9. The number of amides is 1. The summed E-state index contributed by atoms with van der Waals surface area (Å²) in [7, 11) is 0. The largest absolute Gasteiger partial charge is 0.490 e. The minimum atomic E-state index is -1.01. The molecular formula is C34H32BrNO5. The van der Waals surface area contributed by atoms with Crippen LogP contribution in [-0.4, -0.2) is 23.1 Å². The summed E-state index contributed by atoms with van der Waals surface area (Å²) in [6.07, 6.45) is 5.17. The molecule has 0 saturated heterocycles. The number of ether oxygens (including phenoxy) is 2. The zero-order chi connectivity index (χ0) is 28.6. The third-order valence-corrected chi connectivity index (χ3v) is 7.69. The summed E-state index contributed by atoms with van der Waals surface area (Å²) >= 11 is 3.46. The summed E-state index contributed by atoms with van der Waals surface area (Å²) < 4.78 is 13.1. The van der Waals surface area contributed by atoms with Crippen molar-refractivity contribution in [3.05, 3.63) is 113 Å². The fourth-order valence-corrected chi connectivity index (χ4v) is 5.47. The first kappa shape index (κ1) is 28.4. The van der Waals surface area contributed by atoms with E-state index in [1.165, 1.54) is 6.42 Å². The SMILES string of the molecule is O=C(O)CC(NC(=O)c1cc(Br)ccc1OC1CCCCC1)c1ccc(-c2ccccc2Oc2ccccc2)cc1. The number of para-hydroxylation sites is 2. The Hall–Kier alpha value is -4.10. The molecule has 0 bridgehead atoms. The maximum Gasteiger partial charge on any atom is 0.305 e. The molecular weight excluding hydrogens is 582 g/mol. The lowest BCUT2D eigenvalue weighted by atomic mass is 9.97. The zero-order valence-corrected chi connectivity index (χ0v) is 24.2. The van der Waals surface area contributed by atoms with Crippen LogP contribution in [0.3, 0.4) is 0 Å². The number of aliphatic carboxylic acids is 1. The Morgan fingerprint density at radius 1 is 0.854 bits per heavy atom. The Morgan fingerprint density at radius 2 is 1.56 bits per heavy atom. The van der Waals surface area contributed by atoms with Gasteiger partial charge < -0.3 is 19.9 Å². The van der Waals surface area contributed by atoms with Gasteiger partial charge in [0.1, 0.15) is 17.2 Å². The molecule has 1 unspecified atom stereocenters. The van der Waals surface area contributed by atoms with Crippen molar-refractivity contribution in [2.45, 2.75) is 50.7 Å². The Morgan fingerprint density at radius 3 is 2.29 bits per heavy atom. The molecule has 0 heterocycles. The summed E-state index contributed by atoms with van der Waals surface area (Å²) in [6.45, 7) is 0. The van der Waals surface area contributed by atoms with E-state index >= 15 is 0 Å². The summed E-state index contributed by atoms with van der Waals surface area (Å²) in [5.74, 6) is 0.571. The molecule has 4 aromatic rings. The van der Waals surface area contributed by atoms with Gasteiger partial charge in [-0.1, -0.05) is 83.0 Å². The van der Waals surface area contributed by atoms with Crippen molar-refractivity contribution in [3.63, 3.8) is 0 Å². The van der Waals surface area contributed by atoms with E-state index in [9.17, 15) is 14.7 Å². The second kappa shape index (κ2) is 13.5. The molecule has 1 atom stereocenters. The van der Waals surface area contributed by atoms with Crippen LogP contribution in [0.1, 0.15) is 60.5 Å². The molecule has 0 aromatic heterocycles. The second-order valence-electron chi connectivity index (χ2n) is 10.2. The molecule has 0 spiro atoms. The molecule has 210 valence electrons. The predicted molar refractivity (Wildman–Crippen MR) is 162 cm³/mol. The Bertz CT molecular complexity index is 1480. The Balaban J connectivity index is 1.36. The summed E-state index contributed by atoms with van der Waals surface area (Å²) in [6, 6.07) is 29.5. The average molecular weight is 615 g/mol. The van der Waals surface area contributed by atoms with Crippen molar-refractivity contribution in [2.75, 3.05) is 0 Å². The van der Waals surface area contributed by atoms with Crippen LogP contribution >= 0.6 is 15.9 Å². The lowest BCUT2D eigenvalue weighted by Crippen LogP contribution is -2.31. The smallest absolute Gasteiger partial charge is 0.305 e. The summed E-state index contributed by atoms with van der Waals surface area (Å²) in [4.78, 5) is 25.3. The highest BCUT2D eigenvalue weighted by molar-refractivity contribution is 9.10. The molecule has 5 rings (SSSR count). The summed E-state index contributed by atoms with van der Waals surface area (Å²) in [5, 5.41) is 12.6. The number of carbonyl (C=O) groups excluding carboxylic acids is 1. The molecule has 0 radical (unpaired) electrons. The van der Waals surface area contributed by atoms with E-state index in [-0.39, 0.29) is 18.4 Å². The minimum absolute atomic E-state index is 0.0765. The Kier molecular flexibility index (Phi) is 9.36. The standard InChI is InChI=1S/C34H32BrNO5/c35-25-19-20-32(41-27-11-5-2-6-12-27)29(21-25)34(39)36-30(22-33(37)38)24-17-15-23(16-18-24)28-13-7-8-14-31(28)40-26-9-3-1-4-10-26/h1,3-4,7-10,13-21,27,30H,2,5-6,11-12,22H2,(H,36,39)(H,37,38). The van der Waals surface area contributed by atoms with Gasteiger partial charge in [0, 0.05) is 10.0 Å². The van der Waals surface area contributed by atoms with Gasteiger partial charge in [0.2, 0.25) is 0 Å². The van der Waals surface area contributed by atoms with Gasteiger partial charge in [-0.2, -0.15) is 0 Å². The zero-order valence-electron chi connectivity index (χ0n) is 22.6. The first-order chi connectivity index (χ1) is 20.0. The van der Waals surface area contributed by atoms with Crippen LogP contribution in [0.2, 0.25) is 0 Å². The number of benzene rings is 4. The predicted octanol–water partition coefficient (Wildman–Crippen LogP) is 8.57. The monoisotopic (exact) mass is 613 g/mol. The van der Waals surface area contributed by atoms with E-state index in [0.717, 1.165) is 47.0 Å². The van der Waals surface area contributed by atoms with Gasteiger partial charge in [-0.25, -0.2) is 0 Å². The number of carboxylic acid groups (broad SMARTS) is 1. The molecule has 7 heteroatoms. The Labute approximate surface area is 248 Å². The number of carbonyl (C=O) groups is 2. The molecule has 2 N–H and O–H groups in total. The summed E-state index contributed by atoms with van der Waals surface area (Å²) in [5.41, 5.74) is 2.89. The number of carboxylic acids is 1. The lowest BCUT2D eigenvalue weighted by Gasteiger charge is -2.25. The van der Waals surface area contributed by atoms with Crippen molar-refractivity contribution in [2.24, 2.45) is 0 Å². The number of hydrogen-bond acceptors (Lipinski definition) is 4. The van der Waals surface area contributed by atoms with Crippen molar-refractivity contribution in [1.82, 2.24) is 5.32 Å². The third kappa shape index (κ3) is 7.55. The molecule has 1 aliphatic rings. The molecule has 1 amide bonds. The molecule has 0 aliphatic heterocycles. The second-order valence-corrected chi connectivity index (χ2v) is 11.1. The van der Waals surface area contributed by atoms with Crippen LogP contribution in [0.25, 0.3) is 11.1 Å². The third-order valence-electron chi connectivity index (χ3n) is 7.20.